The van der Waals surface area contributed by atoms with Crippen LogP contribution in [0.4, 0.5) is 5.82 Å². The summed E-state index contributed by atoms with van der Waals surface area (Å²) < 4.78 is 12.4. The van der Waals surface area contributed by atoms with Crippen LogP contribution in [0, 0.1) is 3.57 Å². The minimum absolute atomic E-state index is 0.391. The van der Waals surface area contributed by atoms with E-state index in [0.29, 0.717) is 19.1 Å². The van der Waals surface area contributed by atoms with E-state index in [1.807, 2.05) is 7.05 Å². The number of hydrogen-bond donors (Lipinski definition) is 1. The maximum Gasteiger partial charge on any atom is 0.163 e. The number of rotatable bonds is 4. The van der Waals surface area contributed by atoms with Gasteiger partial charge in [0.2, 0.25) is 0 Å². The Morgan fingerprint density at radius 1 is 1.30 bits per heavy atom. The molecule has 1 aliphatic heterocycles. The first-order valence-electron chi connectivity index (χ1n) is 7.09. The first-order valence-corrected chi connectivity index (χ1v) is 8.16. The molecule has 5 nitrogen and oxygen atoms in total. The summed E-state index contributed by atoms with van der Waals surface area (Å²) in [7, 11) is 3.66. The van der Waals surface area contributed by atoms with Gasteiger partial charge in [-0.1, -0.05) is 0 Å². The van der Waals surface area contributed by atoms with Crippen LogP contribution in [-0.2, 0) is 15.1 Å². The molecule has 6 heteroatoms. The Balaban J connectivity index is 2.05. The smallest absolute Gasteiger partial charge is 0.163 e. The number of aromatic nitrogens is 2. The van der Waals surface area contributed by atoms with E-state index in [9.17, 15) is 0 Å². The van der Waals surface area contributed by atoms with E-state index in [1.165, 1.54) is 18.5 Å². The van der Waals surface area contributed by atoms with Gasteiger partial charge in [-0.3, -0.25) is 0 Å². The summed E-state index contributed by atoms with van der Waals surface area (Å²) in [5.41, 5.74) is 0.792. The SMILES string of the molecule is CNc1nc(C2(OC)CCOCC2)nc(C2CC2)c1I. The van der Waals surface area contributed by atoms with Gasteiger partial charge in [0.15, 0.2) is 5.82 Å². The average molecular weight is 389 g/mol. The van der Waals surface area contributed by atoms with E-state index in [0.717, 1.165) is 28.1 Å². The summed E-state index contributed by atoms with van der Waals surface area (Å²) in [5, 5.41) is 3.19. The topological polar surface area (TPSA) is 56.3 Å². The maximum absolute atomic E-state index is 5.82. The van der Waals surface area contributed by atoms with Crippen molar-refractivity contribution in [1.29, 1.82) is 0 Å². The standard InChI is InChI=1S/C14H20IN3O2/c1-16-12-10(15)11(9-3-4-9)17-13(18-12)14(19-2)5-7-20-8-6-14/h9H,3-8H2,1-2H3,(H,16,17,18). The van der Waals surface area contributed by atoms with E-state index < -0.39 is 5.60 Å². The lowest BCUT2D eigenvalue weighted by molar-refractivity contribution is -0.100. The molecule has 3 rings (SSSR count). The Bertz CT molecular complexity index is 499. The second-order valence-corrected chi connectivity index (χ2v) is 6.51. The Hall–Kier alpha value is -0.470. The normalized spacial score (nSPS) is 21.8. The van der Waals surface area contributed by atoms with Crippen LogP contribution in [0.2, 0.25) is 0 Å². The molecular weight excluding hydrogens is 369 g/mol. The largest absolute Gasteiger partial charge is 0.381 e. The Morgan fingerprint density at radius 3 is 2.55 bits per heavy atom. The third-order valence-electron chi connectivity index (χ3n) is 4.18. The number of nitrogens with one attached hydrogen (secondary N) is 1. The summed E-state index contributed by atoms with van der Waals surface area (Å²) in [5.74, 6) is 2.33. The lowest BCUT2D eigenvalue weighted by atomic mass is 9.93. The predicted octanol–water partition coefficient (Wildman–Crippen LogP) is 2.65. The maximum atomic E-state index is 5.82. The molecule has 0 bridgehead atoms. The van der Waals surface area contributed by atoms with Crippen LogP contribution in [-0.4, -0.2) is 37.3 Å². The van der Waals surface area contributed by atoms with Crippen molar-refractivity contribution in [2.75, 3.05) is 32.7 Å². The van der Waals surface area contributed by atoms with Crippen molar-refractivity contribution in [3.05, 3.63) is 15.1 Å². The molecule has 1 aromatic heterocycles. The zero-order chi connectivity index (χ0) is 14.2. The molecule has 0 aromatic carbocycles. The van der Waals surface area contributed by atoms with Crippen molar-refractivity contribution in [1.82, 2.24) is 9.97 Å². The monoisotopic (exact) mass is 389 g/mol. The van der Waals surface area contributed by atoms with Crippen LogP contribution >= 0.6 is 22.6 Å². The third kappa shape index (κ3) is 2.53. The first-order chi connectivity index (χ1) is 9.70. The van der Waals surface area contributed by atoms with Gasteiger partial charge < -0.3 is 14.8 Å². The van der Waals surface area contributed by atoms with Gasteiger partial charge in [-0.25, -0.2) is 9.97 Å². The van der Waals surface area contributed by atoms with Crippen molar-refractivity contribution in [2.24, 2.45) is 0 Å². The summed E-state index contributed by atoms with van der Waals surface area (Å²) in [6.07, 6.45) is 4.10. The second kappa shape index (κ2) is 5.73. The van der Waals surface area contributed by atoms with Gasteiger partial charge in [-0.15, -0.1) is 0 Å². The quantitative estimate of drug-likeness (QED) is 0.803. The number of ether oxygens (including phenoxy) is 2. The number of hydrogen-bond acceptors (Lipinski definition) is 5. The van der Waals surface area contributed by atoms with E-state index in [4.69, 9.17) is 19.4 Å². The summed E-state index contributed by atoms with van der Waals surface area (Å²) in [4.78, 5) is 9.59. The molecule has 1 N–H and O–H groups in total. The van der Waals surface area contributed by atoms with Gasteiger partial charge >= 0.3 is 0 Å². The molecule has 1 aliphatic carbocycles. The fraction of sp³-hybridized carbons (Fsp3) is 0.714. The van der Waals surface area contributed by atoms with Crippen LogP contribution in [0.1, 0.15) is 43.1 Å². The molecule has 2 fully saturated rings. The van der Waals surface area contributed by atoms with Crippen LogP contribution in [0.5, 0.6) is 0 Å². The number of halogens is 1. The van der Waals surface area contributed by atoms with Gasteiger partial charge in [-0.2, -0.15) is 0 Å². The minimum atomic E-state index is -0.391. The molecular formula is C14H20IN3O2. The molecule has 0 radical (unpaired) electrons. The fourth-order valence-corrected chi connectivity index (χ4v) is 3.63. The highest BCUT2D eigenvalue weighted by Crippen LogP contribution is 2.44. The zero-order valence-electron chi connectivity index (χ0n) is 11.9. The van der Waals surface area contributed by atoms with Crippen molar-refractivity contribution >= 4 is 28.4 Å². The van der Waals surface area contributed by atoms with Gasteiger partial charge in [0.25, 0.3) is 0 Å². The molecule has 1 saturated heterocycles. The van der Waals surface area contributed by atoms with Crippen molar-refractivity contribution in [3.63, 3.8) is 0 Å². The summed E-state index contributed by atoms with van der Waals surface area (Å²) >= 11 is 2.35. The number of methoxy groups -OCH3 is 1. The van der Waals surface area contributed by atoms with E-state index in [2.05, 4.69) is 27.9 Å². The lowest BCUT2D eigenvalue weighted by Gasteiger charge is -2.34. The van der Waals surface area contributed by atoms with Crippen molar-refractivity contribution in [2.45, 2.75) is 37.2 Å². The fourth-order valence-electron chi connectivity index (χ4n) is 2.68. The highest BCUT2D eigenvalue weighted by Gasteiger charge is 2.39. The minimum Gasteiger partial charge on any atom is -0.381 e. The van der Waals surface area contributed by atoms with Gasteiger partial charge in [0.1, 0.15) is 11.4 Å². The molecule has 2 aliphatic rings. The Kier molecular flexibility index (Phi) is 4.14. The van der Waals surface area contributed by atoms with Crippen LogP contribution in [0.15, 0.2) is 0 Å². The highest BCUT2D eigenvalue weighted by molar-refractivity contribution is 14.1. The van der Waals surface area contributed by atoms with Gasteiger partial charge in [0.05, 0.1) is 9.26 Å². The predicted molar refractivity (Wildman–Crippen MR) is 85.0 cm³/mol. The third-order valence-corrected chi connectivity index (χ3v) is 5.24. The summed E-state index contributed by atoms with van der Waals surface area (Å²) in [6, 6.07) is 0. The van der Waals surface area contributed by atoms with Crippen LogP contribution in [0.25, 0.3) is 0 Å². The average Bonchev–Trinajstić information content (AvgIpc) is 3.33. The molecule has 1 aromatic rings. The zero-order valence-corrected chi connectivity index (χ0v) is 14.1. The Labute approximate surface area is 133 Å². The second-order valence-electron chi connectivity index (χ2n) is 5.43. The number of anilines is 1. The van der Waals surface area contributed by atoms with Crippen molar-refractivity contribution < 1.29 is 9.47 Å². The molecule has 1 saturated carbocycles. The van der Waals surface area contributed by atoms with Gasteiger partial charge in [-0.05, 0) is 35.4 Å². The highest BCUT2D eigenvalue weighted by atomic mass is 127. The molecule has 0 unspecified atom stereocenters. The van der Waals surface area contributed by atoms with Crippen LogP contribution < -0.4 is 5.32 Å². The lowest BCUT2D eigenvalue weighted by Crippen LogP contribution is -2.38. The Morgan fingerprint density at radius 2 is 2.00 bits per heavy atom. The van der Waals surface area contributed by atoms with E-state index >= 15 is 0 Å². The van der Waals surface area contributed by atoms with Crippen molar-refractivity contribution in [3.8, 4) is 0 Å². The molecule has 0 atom stereocenters. The van der Waals surface area contributed by atoms with E-state index in [1.54, 1.807) is 7.11 Å². The molecule has 110 valence electrons. The van der Waals surface area contributed by atoms with Crippen LogP contribution in [0.3, 0.4) is 0 Å². The van der Waals surface area contributed by atoms with Gasteiger partial charge in [0, 0.05) is 46.1 Å². The first kappa shape index (κ1) is 14.5. The van der Waals surface area contributed by atoms with E-state index in [-0.39, 0.29) is 0 Å². The molecule has 2 heterocycles. The molecule has 0 amide bonds. The molecule has 0 spiro atoms. The summed E-state index contributed by atoms with van der Waals surface area (Å²) in [6.45, 7) is 1.41. The number of nitrogens with zero attached hydrogens (tertiary/aromatic N) is 2. The molecule has 20 heavy (non-hydrogen) atoms.